The van der Waals surface area contributed by atoms with Crippen LogP contribution in [-0.2, 0) is 19.3 Å². The van der Waals surface area contributed by atoms with E-state index >= 15 is 0 Å². The van der Waals surface area contributed by atoms with E-state index in [0.717, 1.165) is 23.7 Å². The van der Waals surface area contributed by atoms with Crippen LogP contribution >= 0.6 is 15.9 Å². The Morgan fingerprint density at radius 2 is 1.83 bits per heavy atom. The highest BCUT2D eigenvalue weighted by molar-refractivity contribution is 9.10. The average molecular weight is 303 g/mol. The molecule has 1 aromatic heterocycles. The lowest BCUT2D eigenvalue weighted by Gasteiger charge is -2.23. The van der Waals surface area contributed by atoms with E-state index in [0.29, 0.717) is 0 Å². The molecule has 0 bridgehead atoms. The zero-order valence-corrected chi connectivity index (χ0v) is 11.7. The molecule has 0 spiro atoms. The summed E-state index contributed by atoms with van der Waals surface area (Å²) in [7, 11) is 0. The quantitative estimate of drug-likeness (QED) is 0.926. The van der Waals surface area contributed by atoms with Crippen molar-refractivity contribution in [2.24, 2.45) is 5.73 Å². The summed E-state index contributed by atoms with van der Waals surface area (Å²) in [5.74, 6) is 0. The maximum Gasteiger partial charge on any atom is 0.0410 e. The van der Waals surface area contributed by atoms with Gasteiger partial charge in [-0.1, -0.05) is 24.3 Å². The lowest BCUT2D eigenvalue weighted by atomic mass is 9.89. The second-order valence-corrected chi connectivity index (χ2v) is 6.09. The number of pyridine rings is 1. The second kappa shape index (κ2) is 4.48. The normalized spacial score (nSPS) is 16.6. The van der Waals surface area contributed by atoms with Crippen molar-refractivity contribution in [3.05, 3.63) is 63.9 Å². The topological polar surface area (TPSA) is 38.9 Å². The molecule has 92 valence electrons. The number of halogens is 1. The highest BCUT2D eigenvalue weighted by atomic mass is 79.9. The summed E-state index contributed by atoms with van der Waals surface area (Å²) in [6, 6.07) is 10.6. The van der Waals surface area contributed by atoms with Crippen LogP contribution in [0.1, 0.15) is 16.7 Å². The summed E-state index contributed by atoms with van der Waals surface area (Å²) < 4.78 is 1.01. The van der Waals surface area contributed by atoms with Crippen LogP contribution in [0, 0.1) is 0 Å². The lowest BCUT2D eigenvalue weighted by molar-refractivity contribution is 0.445. The van der Waals surface area contributed by atoms with E-state index in [-0.39, 0.29) is 5.54 Å². The first kappa shape index (κ1) is 11.9. The van der Waals surface area contributed by atoms with Crippen molar-refractivity contribution in [3.8, 4) is 0 Å². The Kier molecular flexibility index (Phi) is 2.96. The fraction of sp³-hybridized carbons (Fsp3) is 0.267. The minimum atomic E-state index is -0.161. The Hall–Kier alpha value is -1.19. The highest BCUT2D eigenvalue weighted by Crippen LogP contribution is 2.31. The van der Waals surface area contributed by atoms with Crippen LogP contribution in [0.5, 0.6) is 0 Å². The molecule has 2 N–H and O–H groups in total. The third kappa shape index (κ3) is 2.33. The summed E-state index contributed by atoms with van der Waals surface area (Å²) in [4.78, 5) is 4.20. The highest BCUT2D eigenvalue weighted by Gasteiger charge is 2.33. The minimum absolute atomic E-state index is 0.161. The maximum absolute atomic E-state index is 6.55. The third-order valence-electron chi connectivity index (χ3n) is 3.52. The zero-order chi connectivity index (χ0) is 12.6. The van der Waals surface area contributed by atoms with Crippen LogP contribution in [0.15, 0.2) is 47.2 Å². The molecule has 0 saturated heterocycles. The molecule has 3 heteroatoms. The first-order valence-corrected chi connectivity index (χ1v) is 6.89. The van der Waals surface area contributed by atoms with Crippen LogP contribution in [0.3, 0.4) is 0 Å². The Morgan fingerprint density at radius 1 is 1.17 bits per heavy atom. The number of hydrogen-bond donors (Lipinski definition) is 1. The van der Waals surface area contributed by atoms with Crippen molar-refractivity contribution < 1.29 is 0 Å². The predicted molar refractivity (Wildman–Crippen MR) is 76.4 cm³/mol. The minimum Gasteiger partial charge on any atom is -0.324 e. The molecule has 1 aliphatic rings. The molecule has 2 aromatic rings. The van der Waals surface area contributed by atoms with Crippen LogP contribution in [-0.4, -0.2) is 10.5 Å². The van der Waals surface area contributed by atoms with Gasteiger partial charge in [-0.05, 0) is 57.9 Å². The van der Waals surface area contributed by atoms with Gasteiger partial charge in [-0.2, -0.15) is 0 Å². The molecular weight excluding hydrogens is 288 g/mol. The van der Waals surface area contributed by atoms with E-state index in [1.54, 1.807) is 6.20 Å². The maximum atomic E-state index is 6.55. The van der Waals surface area contributed by atoms with Gasteiger partial charge in [0.25, 0.3) is 0 Å². The van der Waals surface area contributed by atoms with Gasteiger partial charge in [-0.15, -0.1) is 0 Å². The largest absolute Gasteiger partial charge is 0.324 e. The first-order chi connectivity index (χ1) is 8.65. The number of nitrogens with two attached hydrogens (primary N) is 1. The number of aromatic nitrogens is 1. The summed E-state index contributed by atoms with van der Waals surface area (Å²) in [5.41, 5.74) is 10.4. The number of nitrogens with zero attached hydrogens (tertiary/aromatic N) is 1. The van der Waals surface area contributed by atoms with Crippen LogP contribution < -0.4 is 5.73 Å². The predicted octanol–water partition coefficient (Wildman–Crippen LogP) is 2.88. The van der Waals surface area contributed by atoms with Crippen molar-refractivity contribution in [2.45, 2.75) is 24.8 Å². The molecule has 0 fully saturated rings. The first-order valence-electron chi connectivity index (χ1n) is 6.10. The van der Waals surface area contributed by atoms with Crippen LogP contribution in [0.25, 0.3) is 0 Å². The van der Waals surface area contributed by atoms with Gasteiger partial charge < -0.3 is 5.73 Å². The van der Waals surface area contributed by atoms with Crippen LogP contribution in [0.4, 0.5) is 0 Å². The molecule has 3 rings (SSSR count). The Bertz CT molecular complexity index is 555. The third-order valence-corrected chi connectivity index (χ3v) is 3.95. The SMILES string of the molecule is NC1(Cc2cncc(Br)c2)Cc2ccccc2C1. The molecule has 0 atom stereocenters. The van der Waals surface area contributed by atoms with Crippen molar-refractivity contribution in [2.75, 3.05) is 0 Å². The Balaban J connectivity index is 1.83. The fourth-order valence-corrected chi connectivity index (χ4v) is 3.22. The standard InChI is InChI=1S/C15H15BrN2/c16-14-5-11(9-18-10-14)6-15(17)7-12-3-1-2-4-13(12)8-15/h1-5,9-10H,6-8,17H2. The van der Waals surface area contributed by atoms with Gasteiger partial charge in [0.05, 0.1) is 0 Å². The van der Waals surface area contributed by atoms with E-state index in [1.807, 2.05) is 6.20 Å². The van der Waals surface area contributed by atoms with Crippen molar-refractivity contribution in [1.29, 1.82) is 0 Å². The zero-order valence-electron chi connectivity index (χ0n) is 10.1. The van der Waals surface area contributed by atoms with Crippen molar-refractivity contribution in [3.63, 3.8) is 0 Å². The monoisotopic (exact) mass is 302 g/mol. The molecule has 0 unspecified atom stereocenters. The van der Waals surface area contributed by atoms with E-state index in [1.165, 1.54) is 16.7 Å². The molecule has 1 aliphatic carbocycles. The summed E-state index contributed by atoms with van der Waals surface area (Å²) in [5, 5.41) is 0. The number of rotatable bonds is 2. The van der Waals surface area contributed by atoms with Gasteiger partial charge >= 0.3 is 0 Å². The molecule has 1 heterocycles. The average Bonchev–Trinajstić information content (AvgIpc) is 2.64. The smallest absolute Gasteiger partial charge is 0.0410 e. The molecule has 0 saturated carbocycles. The summed E-state index contributed by atoms with van der Waals surface area (Å²) in [6.45, 7) is 0. The summed E-state index contributed by atoms with van der Waals surface area (Å²) in [6.07, 6.45) is 6.48. The summed E-state index contributed by atoms with van der Waals surface area (Å²) >= 11 is 3.45. The molecular formula is C15H15BrN2. The van der Waals surface area contributed by atoms with Crippen molar-refractivity contribution in [1.82, 2.24) is 4.98 Å². The van der Waals surface area contributed by atoms with Gasteiger partial charge in [0.2, 0.25) is 0 Å². The number of fused-ring (bicyclic) bond motifs is 1. The molecule has 0 radical (unpaired) electrons. The van der Waals surface area contributed by atoms with E-state index in [2.05, 4.69) is 51.2 Å². The fourth-order valence-electron chi connectivity index (χ4n) is 2.81. The number of hydrogen-bond acceptors (Lipinski definition) is 2. The van der Waals surface area contributed by atoms with Crippen LogP contribution in [0.2, 0.25) is 0 Å². The molecule has 18 heavy (non-hydrogen) atoms. The van der Waals surface area contributed by atoms with Crippen molar-refractivity contribution >= 4 is 15.9 Å². The van der Waals surface area contributed by atoms with E-state index in [9.17, 15) is 0 Å². The molecule has 2 nitrogen and oxygen atoms in total. The van der Waals surface area contributed by atoms with Gasteiger partial charge in [-0.25, -0.2) is 0 Å². The Labute approximate surface area is 115 Å². The number of benzene rings is 1. The Morgan fingerprint density at radius 3 is 2.44 bits per heavy atom. The van der Waals surface area contributed by atoms with Gasteiger partial charge in [0, 0.05) is 22.4 Å². The van der Waals surface area contributed by atoms with Gasteiger partial charge in [0.1, 0.15) is 0 Å². The van der Waals surface area contributed by atoms with Gasteiger partial charge in [0.15, 0.2) is 0 Å². The van der Waals surface area contributed by atoms with E-state index < -0.39 is 0 Å². The lowest BCUT2D eigenvalue weighted by Crippen LogP contribution is -2.43. The van der Waals surface area contributed by atoms with Gasteiger partial charge in [-0.3, -0.25) is 4.98 Å². The molecule has 0 aliphatic heterocycles. The van der Waals surface area contributed by atoms with E-state index in [4.69, 9.17) is 5.73 Å². The second-order valence-electron chi connectivity index (χ2n) is 5.17. The molecule has 0 amide bonds. The molecule has 1 aromatic carbocycles.